The summed E-state index contributed by atoms with van der Waals surface area (Å²) in [6, 6.07) is 6.63. The number of rotatable bonds is 7. The molecule has 0 aliphatic carbocycles. The van der Waals surface area contributed by atoms with Crippen molar-refractivity contribution in [3.63, 3.8) is 0 Å². The zero-order valence-corrected chi connectivity index (χ0v) is 11.5. The van der Waals surface area contributed by atoms with Crippen molar-refractivity contribution >= 4 is 22.1 Å². The van der Waals surface area contributed by atoms with Crippen molar-refractivity contribution in [2.45, 2.75) is 5.25 Å². The highest BCUT2D eigenvalue weighted by atomic mass is 32.2. The molecule has 1 amide bonds. The summed E-state index contributed by atoms with van der Waals surface area (Å²) in [4.78, 5) is 10.9. The molecule has 0 saturated carbocycles. The maximum Gasteiger partial charge on any atom is 0.410 e. The number of alkyl halides is 2. The summed E-state index contributed by atoms with van der Waals surface area (Å²) in [6.07, 6.45) is 1.62. The molecule has 0 aromatic heterocycles. The number of nitrogens with one attached hydrogen (secondary N) is 1. The van der Waals surface area contributed by atoms with E-state index in [9.17, 15) is 26.5 Å². The lowest BCUT2D eigenvalue weighted by Crippen LogP contribution is -2.46. The summed E-state index contributed by atoms with van der Waals surface area (Å²) >= 11 is 0. The molecule has 0 spiro atoms. The molecule has 0 unspecified atom stereocenters. The van der Waals surface area contributed by atoms with Gasteiger partial charge in [0.2, 0.25) is 0 Å². The highest BCUT2D eigenvalue weighted by Crippen LogP contribution is 2.20. The van der Waals surface area contributed by atoms with E-state index in [0.717, 1.165) is 5.56 Å². The van der Waals surface area contributed by atoms with E-state index in [1.54, 1.807) is 35.7 Å². The Balaban J connectivity index is 2.43. The smallest absolute Gasteiger partial charge is 0.410 e. The molecule has 0 radical (unpaired) electrons. The second kappa shape index (κ2) is 6.64. The lowest BCUT2D eigenvalue weighted by atomic mass is 10.2. The Labute approximate surface area is 120 Å². The monoisotopic (exact) mass is 320 g/mol. The fraction of sp³-hybridized carbons (Fsp3) is 0.250. The third-order valence-corrected chi connectivity index (χ3v) is 3.16. The second-order valence-corrected chi connectivity index (χ2v) is 5.27. The third-order valence-electron chi connectivity index (χ3n) is 2.35. The average Bonchev–Trinajstić information content (AvgIpc) is 2.42. The Hall–Kier alpha value is -2.00. The minimum Gasteiger partial charge on any atom is -0.743 e. The Kier molecular flexibility index (Phi) is 5.39. The summed E-state index contributed by atoms with van der Waals surface area (Å²) in [5, 5.41) is -3.39. The van der Waals surface area contributed by atoms with Crippen LogP contribution in [0.3, 0.4) is 0 Å². The zero-order chi connectivity index (χ0) is 16.1. The number of hydrogen-bond donors (Lipinski definition) is 1. The minimum atomic E-state index is -6.04. The minimum absolute atomic E-state index is 0.172. The van der Waals surface area contributed by atoms with Crippen LogP contribution in [0.25, 0.3) is 6.08 Å². The van der Waals surface area contributed by atoms with Crippen LogP contribution < -0.4 is 10.1 Å². The molecule has 6 nitrogen and oxygen atoms in total. The topological polar surface area (TPSA) is 95.5 Å². The molecule has 1 aromatic carbocycles. The largest absolute Gasteiger partial charge is 0.743 e. The highest BCUT2D eigenvalue weighted by Gasteiger charge is 2.46. The summed E-state index contributed by atoms with van der Waals surface area (Å²) in [5.41, 5.74) is 0.857. The lowest BCUT2D eigenvalue weighted by molar-refractivity contribution is -0.136. The van der Waals surface area contributed by atoms with E-state index in [1.807, 2.05) is 0 Å². The summed E-state index contributed by atoms with van der Waals surface area (Å²) in [5.74, 6) is -1.75. The van der Waals surface area contributed by atoms with Gasteiger partial charge in [0.1, 0.15) is 12.4 Å². The molecule has 0 heterocycles. The average molecular weight is 320 g/mol. The third kappa shape index (κ3) is 4.50. The summed E-state index contributed by atoms with van der Waals surface area (Å²) in [7, 11) is -6.04. The summed E-state index contributed by atoms with van der Waals surface area (Å²) < 4.78 is 61.3. The molecular weight excluding hydrogens is 308 g/mol. The van der Waals surface area contributed by atoms with E-state index in [2.05, 4.69) is 6.58 Å². The standard InChI is InChI=1S/C12H13F2NO5S/c1-2-9-3-5-10(6-4-9)20-8-7-15-11(16)12(13,14)21(17,18)19/h2-6H,1,7-8H2,(H,15,16)(H,17,18,19)/p-1. The molecule has 9 heteroatoms. The van der Waals surface area contributed by atoms with E-state index in [1.165, 1.54) is 0 Å². The van der Waals surface area contributed by atoms with Crippen molar-refractivity contribution in [1.82, 2.24) is 5.32 Å². The fourth-order valence-corrected chi connectivity index (χ4v) is 1.55. The van der Waals surface area contributed by atoms with E-state index >= 15 is 0 Å². The van der Waals surface area contributed by atoms with Crippen LogP contribution in [-0.4, -0.2) is 37.3 Å². The second-order valence-electron chi connectivity index (χ2n) is 3.85. The summed E-state index contributed by atoms with van der Waals surface area (Å²) in [6.45, 7) is 3.01. The Morgan fingerprint density at radius 3 is 2.43 bits per heavy atom. The predicted molar refractivity (Wildman–Crippen MR) is 69.7 cm³/mol. The fourth-order valence-electron chi connectivity index (χ4n) is 1.25. The van der Waals surface area contributed by atoms with E-state index in [-0.39, 0.29) is 13.2 Å². The van der Waals surface area contributed by atoms with Crippen LogP contribution >= 0.6 is 0 Å². The number of carbonyl (C=O) groups excluding carboxylic acids is 1. The first kappa shape index (κ1) is 17.1. The number of hydrogen-bond acceptors (Lipinski definition) is 5. The number of ether oxygens (including phenoxy) is 1. The zero-order valence-electron chi connectivity index (χ0n) is 10.7. The molecule has 1 N–H and O–H groups in total. The molecule has 0 aliphatic rings. The van der Waals surface area contributed by atoms with Crippen LogP contribution in [-0.2, 0) is 14.9 Å². The van der Waals surface area contributed by atoms with E-state index < -0.39 is 21.3 Å². The molecule has 116 valence electrons. The normalized spacial score (nSPS) is 11.8. The van der Waals surface area contributed by atoms with Crippen molar-refractivity contribution in [3.8, 4) is 5.75 Å². The Bertz CT molecular complexity index is 613. The van der Waals surface area contributed by atoms with Gasteiger partial charge in [-0.2, -0.15) is 8.78 Å². The highest BCUT2D eigenvalue weighted by molar-refractivity contribution is 7.87. The first-order chi connectivity index (χ1) is 9.68. The number of halogens is 2. The van der Waals surface area contributed by atoms with Crippen LogP contribution in [0.1, 0.15) is 5.56 Å². The molecule has 0 bridgehead atoms. The molecule has 1 rings (SSSR count). The molecule has 1 aromatic rings. The maximum absolute atomic E-state index is 12.8. The Morgan fingerprint density at radius 1 is 1.38 bits per heavy atom. The van der Waals surface area contributed by atoms with Crippen molar-refractivity contribution in [2.24, 2.45) is 0 Å². The van der Waals surface area contributed by atoms with Gasteiger partial charge in [-0.3, -0.25) is 4.79 Å². The van der Waals surface area contributed by atoms with Gasteiger partial charge in [-0.1, -0.05) is 24.8 Å². The van der Waals surface area contributed by atoms with Crippen LogP contribution in [0.4, 0.5) is 8.78 Å². The van der Waals surface area contributed by atoms with Crippen LogP contribution in [0.2, 0.25) is 0 Å². The van der Waals surface area contributed by atoms with Gasteiger partial charge < -0.3 is 14.6 Å². The molecule has 21 heavy (non-hydrogen) atoms. The first-order valence-electron chi connectivity index (χ1n) is 5.65. The number of benzene rings is 1. The van der Waals surface area contributed by atoms with Crippen LogP contribution in [0.15, 0.2) is 30.8 Å². The van der Waals surface area contributed by atoms with Gasteiger partial charge in [0.25, 0.3) is 0 Å². The Morgan fingerprint density at radius 2 is 1.95 bits per heavy atom. The van der Waals surface area contributed by atoms with Crippen LogP contribution in [0.5, 0.6) is 5.75 Å². The van der Waals surface area contributed by atoms with Crippen molar-refractivity contribution in [1.29, 1.82) is 0 Å². The molecule has 0 aliphatic heterocycles. The predicted octanol–water partition coefficient (Wildman–Crippen LogP) is 0.963. The maximum atomic E-state index is 12.8. The molecule has 0 fully saturated rings. The SMILES string of the molecule is C=Cc1ccc(OCCNC(=O)C(F)(F)S(=O)(=O)[O-])cc1. The van der Waals surface area contributed by atoms with E-state index in [4.69, 9.17) is 4.74 Å². The van der Waals surface area contributed by atoms with E-state index in [0.29, 0.717) is 5.75 Å². The number of carbonyl (C=O) groups is 1. The van der Waals surface area contributed by atoms with Crippen molar-refractivity contribution in [2.75, 3.05) is 13.2 Å². The van der Waals surface area contributed by atoms with Gasteiger partial charge in [-0.05, 0) is 17.7 Å². The van der Waals surface area contributed by atoms with Crippen molar-refractivity contribution < 1.29 is 31.3 Å². The molecule has 0 atom stereocenters. The molecular formula is C12H12F2NO5S-. The van der Waals surface area contributed by atoms with Gasteiger partial charge in [-0.15, -0.1) is 0 Å². The first-order valence-corrected chi connectivity index (χ1v) is 7.06. The molecule has 0 saturated heterocycles. The number of amides is 1. The van der Waals surface area contributed by atoms with Gasteiger partial charge in [0.15, 0.2) is 10.1 Å². The van der Waals surface area contributed by atoms with Gasteiger partial charge >= 0.3 is 11.2 Å². The van der Waals surface area contributed by atoms with Gasteiger partial charge in [0, 0.05) is 0 Å². The van der Waals surface area contributed by atoms with Crippen molar-refractivity contribution in [3.05, 3.63) is 36.4 Å². The van der Waals surface area contributed by atoms with Crippen LogP contribution in [0, 0.1) is 0 Å². The lowest BCUT2D eigenvalue weighted by Gasteiger charge is -2.18. The quantitative estimate of drug-likeness (QED) is 0.596. The van der Waals surface area contributed by atoms with Gasteiger partial charge in [0.05, 0.1) is 6.54 Å². The van der Waals surface area contributed by atoms with Gasteiger partial charge in [-0.25, -0.2) is 8.42 Å².